The number of piperidine rings is 1. The van der Waals surface area contributed by atoms with Crippen LogP contribution in [-0.2, 0) is 14.8 Å². The number of aromatic amines is 1. The minimum atomic E-state index is -3.80. The highest BCUT2D eigenvalue weighted by Gasteiger charge is 2.33. The van der Waals surface area contributed by atoms with Crippen molar-refractivity contribution in [1.29, 1.82) is 0 Å². The molecule has 1 atom stereocenters. The summed E-state index contributed by atoms with van der Waals surface area (Å²) in [6, 6.07) is 12.9. The van der Waals surface area contributed by atoms with Gasteiger partial charge in [0.15, 0.2) is 0 Å². The molecule has 1 saturated heterocycles. The fourth-order valence-corrected chi connectivity index (χ4v) is 5.15. The lowest BCUT2D eigenvalue weighted by Gasteiger charge is -2.31. The summed E-state index contributed by atoms with van der Waals surface area (Å²) >= 11 is 0. The zero-order valence-electron chi connectivity index (χ0n) is 16.0. The predicted octanol–water partition coefficient (Wildman–Crippen LogP) is 2.71. The lowest BCUT2D eigenvalue weighted by molar-refractivity contribution is -0.120. The topological polar surface area (TPSA) is 99.3 Å². The van der Waals surface area contributed by atoms with Gasteiger partial charge in [0.25, 0.3) is 0 Å². The number of H-pyrrole nitrogens is 1. The number of fused-ring (bicyclic) bond motifs is 1. The van der Waals surface area contributed by atoms with Crippen LogP contribution in [0.15, 0.2) is 64.3 Å². The zero-order valence-corrected chi connectivity index (χ0v) is 16.8. The summed E-state index contributed by atoms with van der Waals surface area (Å²) in [5.74, 6) is -1.20. The number of carbonyl (C=O) groups is 1. The largest absolute Gasteiger partial charge is 0.326 e. The van der Waals surface area contributed by atoms with Crippen LogP contribution in [0.3, 0.4) is 0 Å². The molecule has 0 spiro atoms. The van der Waals surface area contributed by atoms with Gasteiger partial charge in [-0.1, -0.05) is 0 Å². The van der Waals surface area contributed by atoms with E-state index in [0.717, 1.165) is 0 Å². The van der Waals surface area contributed by atoms with Gasteiger partial charge >= 0.3 is 0 Å². The van der Waals surface area contributed by atoms with Crippen LogP contribution in [0.1, 0.15) is 12.8 Å². The van der Waals surface area contributed by atoms with Gasteiger partial charge in [-0.2, -0.15) is 4.31 Å². The van der Waals surface area contributed by atoms with E-state index in [1.807, 2.05) is 0 Å². The van der Waals surface area contributed by atoms with E-state index in [1.54, 1.807) is 12.1 Å². The quantitative estimate of drug-likeness (QED) is 0.666. The van der Waals surface area contributed by atoms with Crippen LogP contribution in [0.4, 0.5) is 10.1 Å². The predicted molar refractivity (Wildman–Crippen MR) is 111 cm³/mol. The third-order valence-corrected chi connectivity index (χ3v) is 7.06. The number of benzene rings is 2. The molecule has 4 rings (SSSR count). The number of nitrogens with zero attached hydrogens (tertiary/aromatic N) is 1. The molecule has 1 aliphatic heterocycles. The second-order valence-corrected chi connectivity index (χ2v) is 9.21. The standard InChI is InChI=1S/C21H20FN3O4S/c22-16-4-6-17(7-5-16)23-21(27)15-2-1-11-25(13-15)30(28,29)18-8-9-19-14(12-18)3-10-20(26)24-19/h3-10,12,15H,1-2,11,13H2,(H,23,27)(H,24,26)/t15-/m0/s1. The van der Waals surface area contributed by atoms with Crippen LogP contribution < -0.4 is 10.9 Å². The van der Waals surface area contributed by atoms with Crippen molar-refractivity contribution in [2.75, 3.05) is 18.4 Å². The first-order chi connectivity index (χ1) is 14.3. The molecule has 1 aliphatic rings. The van der Waals surface area contributed by atoms with Gasteiger partial charge in [0, 0.05) is 30.4 Å². The van der Waals surface area contributed by atoms with Crippen molar-refractivity contribution in [1.82, 2.24) is 9.29 Å². The molecule has 0 unspecified atom stereocenters. The second-order valence-electron chi connectivity index (χ2n) is 7.27. The fraction of sp³-hybridized carbons (Fsp3) is 0.238. The molecule has 2 aromatic carbocycles. The van der Waals surface area contributed by atoms with E-state index < -0.39 is 21.8 Å². The molecule has 0 radical (unpaired) electrons. The summed E-state index contributed by atoms with van der Waals surface area (Å²) < 4.78 is 40.6. The Balaban J connectivity index is 1.53. The Morgan fingerprint density at radius 2 is 1.87 bits per heavy atom. The number of rotatable bonds is 4. The van der Waals surface area contributed by atoms with Crippen LogP contribution in [-0.4, -0.2) is 36.7 Å². The summed E-state index contributed by atoms with van der Waals surface area (Å²) in [4.78, 5) is 26.8. The van der Waals surface area contributed by atoms with Crippen molar-refractivity contribution in [2.24, 2.45) is 5.92 Å². The van der Waals surface area contributed by atoms with Gasteiger partial charge in [-0.05, 0) is 66.8 Å². The molecule has 3 aromatic rings. The molecule has 0 aliphatic carbocycles. The van der Waals surface area contributed by atoms with Crippen molar-refractivity contribution in [2.45, 2.75) is 17.7 Å². The highest BCUT2D eigenvalue weighted by atomic mass is 32.2. The zero-order chi connectivity index (χ0) is 21.3. The Bertz CT molecular complexity index is 1260. The smallest absolute Gasteiger partial charge is 0.248 e. The summed E-state index contributed by atoms with van der Waals surface area (Å²) in [5, 5.41) is 3.33. The van der Waals surface area contributed by atoms with Crippen LogP contribution in [0.5, 0.6) is 0 Å². The maximum Gasteiger partial charge on any atom is 0.248 e. The van der Waals surface area contributed by atoms with E-state index in [9.17, 15) is 22.4 Å². The molecule has 30 heavy (non-hydrogen) atoms. The maximum absolute atomic E-state index is 13.1. The third-order valence-electron chi connectivity index (χ3n) is 5.20. The molecule has 2 N–H and O–H groups in total. The number of aromatic nitrogens is 1. The van der Waals surface area contributed by atoms with E-state index in [0.29, 0.717) is 36.0 Å². The Kier molecular flexibility index (Phi) is 5.40. The summed E-state index contributed by atoms with van der Waals surface area (Å²) in [6.45, 7) is 0.394. The Morgan fingerprint density at radius 1 is 1.10 bits per heavy atom. The monoisotopic (exact) mass is 429 g/mol. The maximum atomic E-state index is 13.1. The molecule has 1 fully saturated rings. The van der Waals surface area contributed by atoms with Crippen molar-refractivity contribution in [3.05, 3.63) is 70.8 Å². The van der Waals surface area contributed by atoms with Crippen LogP contribution >= 0.6 is 0 Å². The average molecular weight is 429 g/mol. The number of hydrogen-bond acceptors (Lipinski definition) is 4. The Hall–Kier alpha value is -3.04. The van der Waals surface area contributed by atoms with Gasteiger partial charge in [0.05, 0.1) is 10.8 Å². The molecule has 1 aromatic heterocycles. The summed E-state index contributed by atoms with van der Waals surface area (Å²) in [7, 11) is -3.80. The molecular weight excluding hydrogens is 409 g/mol. The van der Waals surface area contributed by atoms with E-state index in [1.165, 1.54) is 46.8 Å². The normalized spacial score (nSPS) is 17.7. The number of anilines is 1. The molecule has 156 valence electrons. The Morgan fingerprint density at radius 3 is 2.63 bits per heavy atom. The van der Waals surface area contributed by atoms with Gasteiger partial charge in [0.1, 0.15) is 5.82 Å². The van der Waals surface area contributed by atoms with Gasteiger partial charge in [-0.15, -0.1) is 0 Å². The van der Waals surface area contributed by atoms with Gasteiger partial charge in [-0.25, -0.2) is 12.8 Å². The molecule has 7 nitrogen and oxygen atoms in total. The van der Waals surface area contributed by atoms with Gasteiger partial charge in [-0.3, -0.25) is 9.59 Å². The minimum Gasteiger partial charge on any atom is -0.326 e. The van der Waals surface area contributed by atoms with E-state index in [2.05, 4.69) is 10.3 Å². The van der Waals surface area contributed by atoms with Crippen LogP contribution in [0.2, 0.25) is 0 Å². The number of nitrogens with one attached hydrogen (secondary N) is 2. The molecule has 0 saturated carbocycles. The first-order valence-corrected chi connectivity index (χ1v) is 11.0. The SMILES string of the molecule is O=C(Nc1ccc(F)cc1)[C@H]1CCCN(S(=O)(=O)c2ccc3[nH]c(=O)ccc3c2)C1. The molecule has 0 bridgehead atoms. The number of pyridine rings is 1. The third kappa shape index (κ3) is 4.12. The van der Waals surface area contributed by atoms with Crippen LogP contribution in [0, 0.1) is 11.7 Å². The van der Waals surface area contributed by atoms with Gasteiger partial charge < -0.3 is 10.3 Å². The molecule has 1 amide bonds. The first kappa shape index (κ1) is 20.2. The lowest BCUT2D eigenvalue weighted by Crippen LogP contribution is -2.43. The number of sulfonamides is 1. The highest BCUT2D eigenvalue weighted by molar-refractivity contribution is 7.89. The number of halogens is 1. The average Bonchev–Trinajstić information content (AvgIpc) is 2.75. The second kappa shape index (κ2) is 8.00. The molecule has 2 heterocycles. The number of hydrogen-bond donors (Lipinski definition) is 2. The summed E-state index contributed by atoms with van der Waals surface area (Å²) in [6.07, 6.45) is 1.12. The van der Waals surface area contributed by atoms with E-state index in [-0.39, 0.29) is 22.9 Å². The fourth-order valence-electron chi connectivity index (χ4n) is 3.59. The number of amides is 1. The van der Waals surface area contributed by atoms with Crippen molar-refractivity contribution < 1.29 is 17.6 Å². The Labute approximate surface area is 172 Å². The highest BCUT2D eigenvalue weighted by Crippen LogP contribution is 2.26. The number of carbonyl (C=O) groups excluding carboxylic acids is 1. The van der Waals surface area contributed by atoms with Crippen molar-refractivity contribution in [3.8, 4) is 0 Å². The van der Waals surface area contributed by atoms with Crippen molar-refractivity contribution >= 4 is 32.5 Å². The lowest BCUT2D eigenvalue weighted by atomic mass is 9.99. The van der Waals surface area contributed by atoms with Crippen molar-refractivity contribution in [3.63, 3.8) is 0 Å². The first-order valence-electron chi connectivity index (χ1n) is 9.52. The summed E-state index contributed by atoms with van der Waals surface area (Å²) in [5.41, 5.74) is 0.755. The van der Waals surface area contributed by atoms with E-state index >= 15 is 0 Å². The molecular formula is C21H20FN3O4S. The van der Waals surface area contributed by atoms with Gasteiger partial charge in [0.2, 0.25) is 21.5 Å². The van der Waals surface area contributed by atoms with Crippen LogP contribution in [0.25, 0.3) is 10.9 Å². The van der Waals surface area contributed by atoms with E-state index in [4.69, 9.17) is 0 Å². The minimum absolute atomic E-state index is 0.0685. The molecule has 9 heteroatoms.